The Bertz CT molecular complexity index is 648. The Balaban J connectivity index is 0.00000364. The lowest BCUT2D eigenvalue weighted by Gasteiger charge is -2.39. The van der Waals surface area contributed by atoms with Gasteiger partial charge in [0.1, 0.15) is 11.4 Å². The van der Waals surface area contributed by atoms with E-state index in [0.29, 0.717) is 6.54 Å². The highest BCUT2D eigenvalue weighted by Gasteiger charge is 2.38. The van der Waals surface area contributed by atoms with E-state index in [1.807, 2.05) is 0 Å². The molecule has 4 N–H and O–H groups in total. The summed E-state index contributed by atoms with van der Waals surface area (Å²) >= 11 is 0. The van der Waals surface area contributed by atoms with Crippen LogP contribution in [0, 0.1) is 17.6 Å². The van der Waals surface area contributed by atoms with E-state index in [4.69, 9.17) is 15.2 Å². The fourth-order valence-corrected chi connectivity index (χ4v) is 3.21. The predicted molar refractivity (Wildman–Crippen MR) is 106 cm³/mol. The van der Waals surface area contributed by atoms with E-state index in [1.165, 1.54) is 0 Å². The molecule has 1 fully saturated rings. The summed E-state index contributed by atoms with van der Waals surface area (Å²) in [6.45, 7) is 4.49. The summed E-state index contributed by atoms with van der Waals surface area (Å²) in [6, 6.07) is 2.14. The molecule has 10 heteroatoms. The van der Waals surface area contributed by atoms with Crippen molar-refractivity contribution in [1.82, 2.24) is 5.32 Å². The number of hydrogen-bond acceptors (Lipinski definition) is 5. The van der Waals surface area contributed by atoms with E-state index in [0.717, 1.165) is 31.5 Å². The molecule has 0 saturated carbocycles. The van der Waals surface area contributed by atoms with Gasteiger partial charge >= 0.3 is 0 Å². The van der Waals surface area contributed by atoms with Gasteiger partial charge in [-0.1, -0.05) is 0 Å². The summed E-state index contributed by atoms with van der Waals surface area (Å²) in [7, 11) is 0. The van der Waals surface area contributed by atoms with Crippen LogP contribution in [-0.2, 0) is 9.53 Å². The topological polar surface area (TPSA) is 93.8 Å². The molecule has 162 valence electrons. The van der Waals surface area contributed by atoms with Crippen LogP contribution in [0.5, 0.6) is 5.75 Å². The summed E-state index contributed by atoms with van der Waals surface area (Å²) in [5.41, 5.74) is 3.58. The van der Waals surface area contributed by atoms with Gasteiger partial charge in [-0.2, -0.15) is 0 Å². The number of primary amides is 1. The third-order valence-electron chi connectivity index (χ3n) is 4.76. The molecule has 0 bridgehead atoms. The number of carbonyl (C=O) groups is 1. The fourth-order valence-electron chi connectivity index (χ4n) is 3.21. The van der Waals surface area contributed by atoms with E-state index in [9.17, 15) is 18.7 Å². The Morgan fingerprint density at radius 2 is 2.11 bits per heavy atom. The molecule has 3 atom stereocenters. The van der Waals surface area contributed by atoms with Crippen LogP contribution in [0.1, 0.15) is 38.4 Å². The minimum atomic E-state index is -1.56. The number of aliphatic hydroxyl groups excluding tert-OH is 1. The van der Waals surface area contributed by atoms with Gasteiger partial charge in [-0.3, -0.25) is 4.79 Å². The van der Waals surface area contributed by atoms with Crippen LogP contribution in [0.2, 0.25) is 0 Å². The Morgan fingerprint density at radius 3 is 2.61 bits per heavy atom. The van der Waals surface area contributed by atoms with E-state index in [1.54, 1.807) is 13.8 Å². The maximum Gasteiger partial charge on any atom is 0.251 e. The Labute approximate surface area is 176 Å². The van der Waals surface area contributed by atoms with Crippen molar-refractivity contribution in [3.8, 4) is 5.75 Å². The highest BCUT2D eigenvalue weighted by atomic mass is 35.5. The largest absolute Gasteiger partial charge is 0.482 e. The van der Waals surface area contributed by atoms with Crippen LogP contribution >= 0.6 is 24.8 Å². The van der Waals surface area contributed by atoms with Crippen molar-refractivity contribution in [2.45, 2.75) is 38.4 Å². The molecular formula is C18H28Cl2F2N2O4. The number of benzene rings is 1. The third-order valence-corrected chi connectivity index (χ3v) is 4.76. The Kier molecular flexibility index (Phi) is 11.2. The van der Waals surface area contributed by atoms with Crippen LogP contribution in [-0.4, -0.2) is 42.9 Å². The average molecular weight is 445 g/mol. The van der Waals surface area contributed by atoms with Gasteiger partial charge in [0, 0.05) is 19.1 Å². The molecule has 0 radical (unpaired) electrons. The maximum absolute atomic E-state index is 15.0. The molecule has 0 aliphatic carbocycles. The van der Waals surface area contributed by atoms with Gasteiger partial charge < -0.3 is 25.6 Å². The van der Waals surface area contributed by atoms with Crippen molar-refractivity contribution in [2.75, 3.05) is 26.3 Å². The molecule has 3 unspecified atom stereocenters. The molecule has 0 spiro atoms. The molecule has 1 aromatic rings. The Morgan fingerprint density at radius 1 is 1.43 bits per heavy atom. The van der Waals surface area contributed by atoms with Crippen molar-refractivity contribution in [1.29, 1.82) is 0 Å². The number of carbonyl (C=O) groups excluding carboxylic acids is 1. The number of aliphatic hydroxyl groups is 1. The first-order valence-electron chi connectivity index (χ1n) is 8.73. The summed E-state index contributed by atoms with van der Waals surface area (Å²) in [6.07, 6.45) is 0.164. The second-order valence-electron chi connectivity index (χ2n) is 6.63. The van der Waals surface area contributed by atoms with Gasteiger partial charge in [0.15, 0.2) is 17.7 Å². The number of amides is 1. The molecule has 6 nitrogen and oxygen atoms in total. The standard InChI is InChI=1S/C18H26F2N2O4.2ClH/c1-3-25-16(17(21)24)14-12(19)6-7-13(15(14)20)26-18(2,10-23)11-5-4-8-22-9-11;;/h6-7,11,16,22-23H,3-5,8-10H2,1-2H3,(H2,21,24);2*1H. The molecule has 1 amide bonds. The number of piperidine rings is 1. The number of nitrogens with one attached hydrogen (secondary N) is 1. The van der Waals surface area contributed by atoms with Crippen LogP contribution < -0.4 is 15.8 Å². The van der Waals surface area contributed by atoms with Crippen molar-refractivity contribution >= 4 is 30.7 Å². The molecule has 1 heterocycles. The predicted octanol–water partition coefficient (Wildman–Crippen LogP) is 2.50. The highest BCUT2D eigenvalue weighted by Crippen LogP contribution is 2.35. The summed E-state index contributed by atoms with van der Waals surface area (Å²) in [4.78, 5) is 11.6. The highest BCUT2D eigenvalue weighted by molar-refractivity contribution is 5.85. The monoisotopic (exact) mass is 444 g/mol. The molecule has 28 heavy (non-hydrogen) atoms. The quantitative estimate of drug-likeness (QED) is 0.572. The van der Waals surface area contributed by atoms with Crippen molar-refractivity contribution < 1.29 is 28.2 Å². The molecule has 1 aromatic carbocycles. The van der Waals surface area contributed by atoms with Crippen LogP contribution in [0.25, 0.3) is 0 Å². The van der Waals surface area contributed by atoms with Gasteiger partial charge in [0.2, 0.25) is 0 Å². The van der Waals surface area contributed by atoms with E-state index in [-0.39, 0.29) is 49.7 Å². The van der Waals surface area contributed by atoms with Gasteiger partial charge in [-0.05, 0) is 45.4 Å². The molecular weight excluding hydrogens is 417 g/mol. The van der Waals surface area contributed by atoms with Crippen LogP contribution in [0.15, 0.2) is 12.1 Å². The average Bonchev–Trinajstić information content (AvgIpc) is 2.64. The van der Waals surface area contributed by atoms with E-state index >= 15 is 0 Å². The minimum Gasteiger partial charge on any atom is -0.482 e. The summed E-state index contributed by atoms with van der Waals surface area (Å²) in [5, 5.41) is 13.1. The minimum absolute atomic E-state index is 0. The van der Waals surface area contributed by atoms with Gasteiger partial charge in [0.25, 0.3) is 5.91 Å². The number of rotatable bonds is 8. The van der Waals surface area contributed by atoms with E-state index < -0.39 is 34.8 Å². The maximum atomic E-state index is 15.0. The van der Waals surface area contributed by atoms with Crippen molar-refractivity contribution in [3.05, 3.63) is 29.3 Å². The smallest absolute Gasteiger partial charge is 0.251 e. The Hall–Kier alpha value is -1.19. The first-order chi connectivity index (χ1) is 12.3. The summed E-state index contributed by atoms with van der Waals surface area (Å²) in [5.74, 6) is -3.30. The first kappa shape index (κ1) is 26.8. The molecule has 1 saturated heterocycles. The third kappa shape index (κ3) is 5.90. The molecule has 2 rings (SSSR count). The number of halogens is 4. The zero-order chi connectivity index (χ0) is 19.3. The normalized spacial score (nSPS) is 19.5. The van der Waals surface area contributed by atoms with Crippen molar-refractivity contribution in [2.24, 2.45) is 11.7 Å². The first-order valence-corrected chi connectivity index (χ1v) is 8.73. The molecule has 1 aliphatic heterocycles. The second kappa shape index (κ2) is 11.7. The number of ether oxygens (including phenoxy) is 2. The van der Waals surface area contributed by atoms with Crippen molar-refractivity contribution in [3.63, 3.8) is 0 Å². The lowest BCUT2D eigenvalue weighted by Crippen LogP contribution is -2.50. The van der Waals surface area contributed by atoms with Gasteiger partial charge in [-0.25, -0.2) is 8.78 Å². The summed E-state index contributed by atoms with van der Waals surface area (Å²) < 4.78 is 40.0. The lowest BCUT2D eigenvalue weighted by atomic mass is 9.83. The van der Waals surface area contributed by atoms with Gasteiger partial charge in [-0.15, -0.1) is 24.8 Å². The zero-order valence-electron chi connectivity index (χ0n) is 15.9. The fraction of sp³-hybridized carbons (Fsp3) is 0.611. The number of hydrogen-bond donors (Lipinski definition) is 3. The number of nitrogens with two attached hydrogens (primary N) is 1. The van der Waals surface area contributed by atoms with Crippen LogP contribution in [0.4, 0.5) is 8.78 Å². The SMILES string of the molecule is CCOC(C(N)=O)c1c(F)ccc(OC(C)(CO)C2CCCNC2)c1F.Cl.Cl. The van der Waals surface area contributed by atoms with Crippen LogP contribution in [0.3, 0.4) is 0 Å². The molecule has 0 aromatic heterocycles. The lowest BCUT2D eigenvalue weighted by molar-refractivity contribution is -0.130. The zero-order valence-corrected chi connectivity index (χ0v) is 17.5. The van der Waals surface area contributed by atoms with E-state index in [2.05, 4.69) is 5.32 Å². The molecule has 1 aliphatic rings. The van der Waals surface area contributed by atoms with Gasteiger partial charge in [0.05, 0.1) is 12.2 Å². The second-order valence-corrected chi connectivity index (χ2v) is 6.63.